The minimum Gasteiger partial charge on any atom is -0.495 e. The average molecular weight is 325 g/mol. The van der Waals surface area contributed by atoms with Gasteiger partial charge in [-0.05, 0) is 18.2 Å². The monoisotopic (exact) mass is 325 g/mol. The first kappa shape index (κ1) is 17.0. The Morgan fingerprint density at radius 1 is 1.25 bits per heavy atom. The van der Waals surface area contributed by atoms with Gasteiger partial charge in [-0.2, -0.15) is 5.26 Å². The second-order valence-electron chi connectivity index (χ2n) is 4.80. The fourth-order valence-electron chi connectivity index (χ4n) is 1.99. The molecule has 0 unspecified atom stereocenters. The van der Waals surface area contributed by atoms with Crippen molar-refractivity contribution >= 4 is 11.6 Å². The molecule has 1 amide bonds. The van der Waals surface area contributed by atoms with Crippen molar-refractivity contribution in [3.8, 4) is 11.8 Å². The number of benzene rings is 2. The van der Waals surface area contributed by atoms with Crippen LogP contribution in [0.15, 0.2) is 60.3 Å². The molecule has 0 bridgehead atoms. The number of nitrogens with zero attached hydrogens (tertiary/aromatic N) is 1. The molecular formula is C18H16FN3O2. The summed E-state index contributed by atoms with van der Waals surface area (Å²) in [6.07, 6.45) is 1.26. The second-order valence-corrected chi connectivity index (χ2v) is 4.80. The van der Waals surface area contributed by atoms with Crippen molar-refractivity contribution in [2.45, 2.75) is 6.54 Å². The van der Waals surface area contributed by atoms with E-state index < -0.39 is 5.91 Å². The number of ether oxygens (including phenoxy) is 1. The Morgan fingerprint density at radius 2 is 1.96 bits per heavy atom. The van der Waals surface area contributed by atoms with Gasteiger partial charge in [0.1, 0.15) is 23.2 Å². The Hall–Kier alpha value is -3.33. The van der Waals surface area contributed by atoms with E-state index in [-0.39, 0.29) is 17.9 Å². The highest BCUT2D eigenvalue weighted by Gasteiger charge is 2.11. The van der Waals surface area contributed by atoms with Gasteiger partial charge < -0.3 is 15.4 Å². The zero-order valence-electron chi connectivity index (χ0n) is 13.0. The molecule has 0 aliphatic carbocycles. The highest BCUT2D eigenvalue weighted by atomic mass is 19.1. The Kier molecular flexibility index (Phi) is 5.92. The number of nitriles is 1. The fraction of sp³-hybridized carbons (Fsp3) is 0.111. The first-order valence-corrected chi connectivity index (χ1v) is 7.17. The summed E-state index contributed by atoms with van der Waals surface area (Å²) >= 11 is 0. The molecule has 0 aliphatic heterocycles. The summed E-state index contributed by atoms with van der Waals surface area (Å²) in [6.45, 7) is 0.166. The quantitative estimate of drug-likeness (QED) is 0.632. The van der Waals surface area contributed by atoms with E-state index in [1.54, 1.807) is 42.5 Å². The molecule has 2 aromatic rings. The Bertz CT molecular complexity index is 797. The number of amides is 1. The molecule has 0 aliphatic rings. The molecular weight excluding hydrogens is 309 g/mol. The Labute approximate surface area is 139 Å². The number of hydrogen-bond donors (Lipinski definition) is 2. The first-order valence-electron chi connectivity index (χ1n) is 7.17. The van der Waals surface area contributed by atoms with Crippen molar-refractivity contribution in [3.05, 3.63) is 71.7 Å². The Morgan fingerprint density at radius 3 is 2.67 bits per heavy atom. The lowest BCUT2D eigenvalue weighted by molar-refractivity contribution is -0.112. The minimum atomic E-state index is -0.581. The van der Waals surface area contributed by atoms with Gasteiger partial charge in [-0.3, -0.25) is 4.79 Å². The number of nitrogens with one attached hydrogen (secondary N) is 2. The second kappa shape index (κ2) is 8.34. The number of rotatable bonds is 6. The molecule has 2 N–H and O–H groups in total. The zero-order chi connectivity index (χ0) is 17.4. The van der Waals surface area contributed by atoms with Crippen molar-refractivity contribution in [2.75, 3.05) is 12.4 Å². The van der Waals surface area contributed by atoms with Crippen LogP contribution in [0, 0.1) is 17.1 Å². The smallest absolute Gasteiger partial charge is 0.267 e. The molecule has 6 heteroatoms. The normalized spacial score (nSPS) is 10.6. The van der Waals surface area contributed by atoms with Gasteiger partial charge in [0.15, 0.2) is 0 Å². The van der Waals surface area contributed by atoms with Gasteiger partial charge in [0.2, 0.25) is 0 Å². The van der Waals surface area contributed by atoms with Gasteiger partial charge in [0.05, 0.1) is 12.8 Å². The topological polar surface area (TPSA) is 74.1 Å². The third-order valence-corrected chi connectivity index (χ3v) is 3.22. The predicted octanol–water partition coefficient (Wildman–Crippen LogP) is 2.97. The van der Waals surface area contributed by atoms with Crippen LogP contribution >= 0.6 is 0 Å². The van der Waals surface area contributed by atoms with Crippen LogP contribution < -0.4 is 15.4 Å². The average Bonchev–Trinajstić information content (AvgIpc) is 2.60. The first-order chi connectivity index (χ1) is 11.7. The summed E-state index contributed by atoms with van der Waals surface area (Å²) in [4.78, 5) is 12.1. The molecule has 24 heavy (non-hydrogen) atoms. The number of halogens is 1. The predicted molar refractivity (Wildman–Crippen MR) is 88.6 cm³/mol. The SMILES string of the molecule is COc1ccccc1NC(=O)/C(C#N)=C\NCc1ccccc1F. The van der Waals surface area contributed by atoms with Crippen LogP contribution in [-0.4, -0.2) is 13.0 Å². The van der Waals surface area contributed by atoms with Crippen molar-refractivity contribution in [1.29, 1.82) is 5.26 Å². The van der Waals surface area contributed by atoms with E-state index in [1.807, 2.05) is 6.07 Å². The minimum absolute atomic E-state index is 0.128. The summed E-state index contributed by atoms with van der Waals surface area (Å²) in [6, 6.07) is 15.0. The van der Waals surface area contributed by atoms with Crippen LogP contribution in [0.2, 0.25) is 0 Å². The zero-order valence-corrected chi connectivity index (χ0v) is 13.0. The lowest BCUT2D eigenvalue weighted by atomic mass is 10.2. The van der Waals surface area contributed by atoms with Gasteiger partial charge in [-0.25, -0.2) is 4.39 Å². The Balaban J connectivity index is 2.03. The number of anilines is 1. The molecule has 0 heterocycles. The molecule has 0 saturated heterocycles. The van der Waals surface area contributed by atoms with Crippen molar-refractivity contribution < 1.29 is 13.9 Å². The van der Waals surface area contributed by atoms with Gasteiger partial charge in [-0.15, -0.1) is 0 Å². The molecule has 0 radical (unpaired) electrons. The van der Waals surface area contributed by atoms with Gasteiger partial charge in [-0.1, -0.05) is 30.3 Å². The molecule has 0 fully saturated rings. The molecule has 2 aromatic carbocycles. The van der Waals surface area contributed by atoms with Crippen LogP contribution in [0.5, 0.6) is 5.75 Å². The molecule has 0 saturated carbocycles. The van der Waals surface area contributed by atoms with Crippen LogP contribution in [0.1, 0.15) is 5.56 Å². The van der Waals surface area contributed by atoms with E-state index >= 15 is 0 Å². The molecule has 5 nitrogen and oxygen atoms in total. The molecule has 122 valence electrons. The standard InChI is InChI=1S/C18H16FN3O2/c1-24-17-9-5-4-8-16(17)22-18(23)14(10-20)12-21-11-13-6-2-3-7-15(13)19/h2-9,12,21H,11H2,1H3,(H,22,23)/b14-12-. The molecule has 0 atom stereocenters. The van der Waals surface area contributed by atoms with Gasteiger partial charge >= 0.3 is 0 Å². The number of carbonyl (C=O) groups is 1. The largest absolute Gasteiger partial charge is 0.495 e. The lowest BCUT2D eigenvalue weighted by Gasteiger charge is -2.09. The van der Waals surface area contributed by atoms with Crippen molar-refractivity contribution in [3.63, 3.8) is 0 Å². The van der Waals surface area contributed by atoms with E-state index in [2.05, 4.69) is 10.6 Å². The van der Waals surface area contributed by atoms with E-state index in [9.17, 15) is 9.18 Å². The molecule has 0 aromatic heterocycles. The number of carbonyl (C=O) groups excluding carboxylic acids is 1. The fourth-order valence-corrected chi connectivity index (χ4v) is 1.99. The summed E-state index contributed by atoms with van der Waals surface area (Å²) in [5.74, 6) is -0.444. The van der Waals surface area contributed by atoms with Crippen molar-refractivity contribution in [2.24, 2.45) is 0 Å². The van der Waals surface area contributed by atoms with E-state index in [1.165, 1.54) is 19.4 Å². The van der Waals surface area contributed by atoms with E-state index in [0.717, 1.165) is 0 Å². The third kappa shape index (κ3) is 4.34. The molecule has 2 rings (SSSR count). The van der Waals surface area contributed by atoms with E-state index in [0.29, 0.717) is 17.0 Å². The lowest BCUT2D eigenvalue weighted by Crippen LogP contribution is -2.17. The molecule has 0 spiro atoms. The maximum atomic E-state index is 13.5. The van der Waals surface area contributed by atoms with Gasteiger partial charge in [0, 0.05) is 18.3 Å². The van der Waals surface area contributed by atoms with E-state index in [4.69, 9.17) is 10.00 Å². The highest BCUT2D eigenvalue weighted by Crippen LogP contribution is 2.23. The van der Waals surface area contributed by atoms with Crippen LogP contribution in [0.25, 0.3) is 0 Å². The van der Waals surface area contributed by atoms with Crippen LogP contribution in [-0.2, 0) is 11.3 Å². The summed E-state index contributed by atoms with van der Waals surface area (Å²) in [7, 11) is 1.49. The third-order valence-electron chi connectivity index (χ3n) is 3.22. The van der Waals surface area contributed by atoms with Gasteiger partial charge in [0.25, 0.3) is 5.91 Å². The number of hydrogen-bond acceptors (Lipinski definition) is 4. The summed E-state index contributed by atoms with van der Waals surface area (Å²) < 4.78 is 18.6. The van der Waals surface area contributed by atoms with Crippen LogP contribution in [0.3, 0.4) is 0 Å². The summed E-state index contributed by atoms with van der Waals surface area (Å²) in [5, 5.41) is 14.5. The van der Waals surface area contributed by atoms with Crippen molar-refractivity contribution in [1.82, 2.24) is 5.32 Å². The number of para-hydroxylation sites is 2. The number of methoxy groups -OCH3 is 1. The van der Waals surface area contributed by atoms with Crippen LogP contribution in [0.4, 0.5) is 10.1 Å². The summed E-state index contributed by atoms with van der Waals surface area (Å²) in [5.41, 5.74) is 0.772. The highest BCUT2D eigenvalue weighted by molar-refractivity contribution is 6.07. The maximum Gasteiger partial charge on any atom is 0.267 e. The maximum absolute atomic E-state index is 13.5.